The minimum Gasteiger partial charge on any atom is -0.370 e. The lowest BCUT2D eigenvalue weighted by Crippen LogP contribution is -2.32. The molecule has 0 spiro atoms. The molecule has 0 aliphatic carbocycles. The SMILES string of the molecule is CC(NC(=N)N)c1cn(S(=O)(=O)c2ccc3ccccc3c2)c2ccc(-c3cccc4ccccc34)cc12.Cl. The fraction of sp³-hybridized carbons (Fsp3) is 0.0645. The number of benzene rings is 5. The van der Waals surface area contributed by atoms with Crippen molar-refractivity contribution in [1.82, 2.24) is 9.29 Å². The van der Waals surface area contributed by atoms with E-state index in [0.717, 1.165) is 43.6 Å². The Balaban J connectivity index is 0.00000308. The van der Waals surface area contributed by atoms with Crippen molar-refractivity contribution in [3.8, 4) is 11.1 Å². The predicted octanol–water partition coefficient (Wildman–Crippen LogP) is 6.82. The highest BCUT2D eigenvalue weighted by Gasteiger charge is 2.24. The lowest BCUT2D eigenvalue weighted by atomic mass is 9.96. The van der Waals surface area contributed by atoms with E-state index in [2.05, 4.69) is 29.6 Å². The third kappa shape index (κ3) is 4.60. The first-order valence-corrected chi connectivity index (χ1v) is 13.7. The number of nitrogens with one attached hydrogen (secondary N) is 2. The lowest BCUT2D eigenvalue weighted by molar-refractivity contribution is 0.589. The zero-order valence-electron chi connectivity index (χ0n) is 21.1. The number of guanidine groups is 1. The molecule has 0 aliphatic rings. The van der Waals surface area contributed by atoms with Gasteiger partial charge in [-0.2, -0.15) is 0 Å². The minimum atomic E-state index is -3.91. The Kier molecular flexibility index (Phi) is 6.80. The van der Waals surface area contributed by atoms with E-state index in [1.54, 1.807) is 18.3 Å². The largest absolute Gasteiger partial charge is 0.370 e. The molecule has 0 saturated carbocycles. The molecular formula is C31H27ClN4O2S. The molecule has 0 radical (unpaired) electrons. The Morgan fingerprint density at radius 1 is 0.821 bits per heavy atom. The first kappa shape index (κ1) is 26.3. The summed E-state index contributed by atoms with van der Waals surface area (Å²) in [4.78, 5) is 0.213. The van der Waals surface area contributed by atoms with E-state index in [9.17, 15) is 8.42 Å². The highest BCUT2D eigenvalue weighted by Crippen LogP contribution is 2.36. The van der Waals surface area contributed by atoms with Crippen LogP contribution in [0, 0.1) is 5.41 Å². The van der Waals surface area contributed by atoms with Crippen LogP contribution in [0.25, 0.3) is 43.6 Å². The quantitative estimate of drug-likeness (QED) is 0.161. The Hall–Kier alpha value is -4.33. The Labute approximate surface area is 233 Å². The predicted molar refractivity (Wildman–Crippen MR) is 162 cm³/mol. The molecular weight excluding hydrogens is 528 g/mol. The monoisotopic (exact) mass is 554 g/mol. The Bertz CT molecular complexity index is 1980. The van der Waals surface area contributed by atoms with Crippen LogP contribution in [0.3, 0.4) is 0 Å². The summed E-state index contributed by atoms with van der Waals surface area (Å²) in [6.45, 7) is 1.87. The van der Waals surface area contributed by atoms with Crippen molar-refractivity contribution in [2.45, 2.75) is 17.9 Å². The molecule has 6 rings (SSSR count). The number of halogens is 1. The van der Waals surface area contributed by atoms with Crippen molar-refractivity contribution < 1.29 is 8.42 Å². The van der Waals surface area contributed by atoms with Crippen LogP contribution in [0.1, 0.15) is 18.5 Å². The summed E-state index contributed by atoms with van der Waals surface area (Å²) in [5.41, 5.74) is 8.98. The minimum absolute atomic E-state index is 0. The van der Waals surface area contributed by atoms with Gasteiger partial charge >= 0.3 is 0 Å². The van der Waals surface area contributed by atoms with Crippen LogP contribution in [0.2, 0.25) is 0 Å². The molecule has 0 bridgehead atoms. The van der Waals surface area contributed by atoms with Crippen molar-refractivity contribution >= 4 is 60.8 Å². The van der Waals surface area contributed by atoms with Crippen LogP contribution in [0.5, 0.6) is 0 Å². The second-order valence-corrected chi connectivity index (χ2v) is 11.2. The second kappa shape index (κ2) is 10.1. The van der Waals surface area contributed by atoms with Gasteiger partial charge in [0.15, 0.2) is 5.96 Å². The maximum atomic E-state index is 14.0. The molecule has 0 saturated heterocycles. The summed E-state index contributed by atoms with van der Waals surface area (Å²) >= 11 is 0. The molecule has 0 fully saturated rings. The van der Waals surface area contributed by atoms with E-state index in [4.69, 9.17) is 11.1 Å². The smallest absolute Gasteiger partial charge is 0.268 e. The van der Waals surface area contributed by atoms with Gasteiger partial charge in [0.05, 0.1) is 16.5 Å². The van der Waals surface area contributed by atoms with Crippen LogP contribution >= 0.6 is 12.4 Å². The molecule has 1 unspecified atom stereocenters. The number of hydrogen-bond acceptors (Lipinski definition) is 3. The van der Waals surface area contributed by atoms with Gasteiger partial charge in [-0.15, -0.1) is 12.4 Å². The summed E-state index contributed by atoms with van der Waals surface area (Å²) in [6.07, 6.45) is 1.64. The van der Waals surface area contributed by atoms with Crippen LogP contribution in [0.15, 0.2) is 114 Å². The zero-order chi connectivity index (χ0) is 26.4. The Morgan fingerprint density at radius 3 is 2.28 bits per heavy atom. The van der Waals surface area contributed by atoms with Crippen LogP contribution in [-0.2, 0) is 10.0 Å². The lowest BCUT2D eigenvalue weighted by Gasteiger charge is -2.13. The molecule has 0 aliphatic heterocycles. The van der Waals surface area contributed by atoms with Gasteiger partial charge in [0.25, 0.3) is 10.0 Å². The molecule has 8 heteroatoms. The van der Waals surface area contributed by atoms with Gasteiger partial charge in [-0.3, -0.25) is 5.41 Å². The van der Waals surface area contributed by atoms with Gasteiger partial charge in [0.2, 0.25) is 0 Å². The molecule has 0 amide bonds. The van der Waals surface area contributed by atoms with E-state index in [1.165, 1.54) is 3.97 Å². The number of hydrogen-bond donors (Lipinski definition) is 3. The van der Waals surface area contributed by atoms with Crippen molar-refractivity contribution in [1.29, 1.82) is 5.41 Å². The van der Waals surface area contributed by atoms with Crippen LogP contribution < -0.4 is 11.1 Å². The van der Waals surface area contributed by atoms with E-state index < -0.39 is 10.0 Å². The number of aromatic nitrogens is 1. The second-order valence-electron chi connectivity index (χ2n) is 9.43. The van der Waals surface area contributed by atoms with Crippen molar-refractivity contribution in [2.24, 2.45) is 5.73 Å². The van der Waals surface area contributed by atoms with Gasteiger partial charge in [0, 0.05) is 17.1 Å². The number of nitrogens with two attached hydrogens (primary N) is 1. The zero-order valence-corrected chi connectivity index (χ0v) is 22.8. The molecule has 6 nitrogen and oxygen atoms in total. The maximum absolute atomic E-state index is 14.0. The molecule has 196 valence electrons. The first-order valence-electron chi connectivity index (χ1n) is 12.3. The number of rotatable bonds is 5. The normalized spacial score (nSPS) is 12.3. The van der Waals surface area contributed by atoms with Gasteiger partial charge in [-0.05, 0) is 63.9 Å². The van der Waals surface area contributed by atoms with E-state index in [0.29, 0.717) is 5.52 Å². The van der Waals surface area contributed by atoms with Crippen molar-refractivity contribution in [3.63, 3.8) is 0 Å². The van der Waals surface area contributed by atoms with Crippen LogP contribution in [0.4, 0.5) is 0 Å². The van der Waals surface area contributed by atoms with E-state index >= 15 is 0 Å². The molecule has 1 heterocycles. The number of nitrogens with zero attached hydrogens (tertiary/aromatic N) is 1. The van der Waals surface area contributed by atoms with Gasteiger partial charge in [-0.25, -0.2) is 12.4 Å². The van der Waals surface area contributed by atoms with Crippen LogP contribution in [-0.4, -0.2) is 18.3 Å². The average molecular weight is 555 g/mol. The van der Waals surface area contributed by atoms with E-state index in [-0.39, 0.29) is 29.3 Å². The number of fused-ring (bicyclic) bond motifs is 3. The molecule has 4 N–H and O–H groups in total. The van der Waals surface area contributed by atoms with Gasteiger partial charge < -0.3 is 11.1 Å². The van der Waals surface area contributed by atoms with Gasteiger partial charge in [-0.1, -0.05) is 78.9 Å². The third-order valence-electron chi connectivity index (χ3n) is 7.02. The molecule has 1 atom stereocenters. The third-order valence-corrected chi connectivity index (χ3v) is 8.69. The molecule has 6 aromatic rings. The van der Waals surface area contributed by atoms with Gasteiger partial charge in [0.1, 0.15) is 0 Å². The topological polar surface area (TPSA) is 101 Å². The first-order chi connectivity index (χ1) is 18.3. The maximum Gasteiger partial charge on any atom is 0.268 e. The summed E-state index contributed by atoms with van der Waals surface area (Å²) in [6, 6.07) is 32.7. The highest BCUT2D eigenvalue weighted by atomic mass is 35.5. The summed E-state index contributed by atoms with van der Waals surface area (Å²) < 4.78 is 29.3. The Morgan fingerprint density at radius 2 is 1.51 bits per heavy atom. The summed E-state index contributed by atoms with van der Waals surface area (Å²) in [5, 5.41) is 15.5. The summed E-state index contributed by atoms with van der Waals surface area (Å²) in [5.74, 6) is -0.180. The van der Waals surface area contributed by atoms with E-state index in [1.807, 2.05) is 73.7 Å². The van der Waals surface area contributed by atoms with Crippen molar-refractivity contribution in [3.05, 3.63) is 115 Å². The highest BCUT2D eigenvalue weighted by molar-refractivity contribution is 7.90. The molecule has 5 aromatic carbocycles. The average Bonchev–Trinajstić information content (AvgIpc) is 3.32. The molecule has 39 heavy (non-hydrogen) atoms. The standard InChI is InChI=1S/C31H26N4O2S.ClH/c1-20(34-31(32)33)29-19-35(38(36,37)25-15-13-21-7-2-3-9-23(21)17-25)30-16-14-24(18-28(29)30)27-12-6-10-22-8-4-5-11-26(22)27;/h2-20H,1H3,(H4,32,33,34);1H. The fourth-order valence-electron chi connectivity index (χ4n) is 5.17. The van der Waals surface area contributed by atoms with Crippen molar-refractivity contribution in [2.75, 3.05) is 0 Å². The summed E-state index contributed by atoms with van der Waals surface area (Å²) in [7, 11) is -3.91. The fourth-order valence-corrected chi connectivity index (χ4v) is 6.58. The molecule has 1 aromatic heterocycles.